The lowest BCUT2D eigenvalue weighted by atomic mass is 9.93. The van der Waals surface area contributed by atoms with E-state index >= 15 is 0 Å². The van der Waals surface area contributed by atoms with Gasteiger partial charge in [0.2, 0.25) is 5.91 Å². The first-order valence-corrected chi connectivity index (χ1v) is 11.9. The summed E-state index contributed by atoms with van der Waals surface area (Å²) in [6, 6.07) is 8.82. The van der Waals surface area contributed by atoms with E-state index < -0.39 is 53.8 Å². The zero-order valence-corrected chi connectivity index (χ0v) is 21.0. The number of rotatable bonds is 10. The molecule has 2 aromatic rings. The molecule has 38 heavy (non-hydrogen) atoms. The van der Waals surface area contributed by atoms with E-state index in [-0.39, 0.29) is 11.1 Å². The Labute approximate surface area is 216 Å². The molecule has 3 atom stereocenters. The van der Waals surface area contributed by atoms with E-state index in [2.05, 4.69) is 10.6 Å². The Balaban J connectivity index is 1.85. The van der Waals surface area contributed by atoms with Crippen LogP contribution in [0.15, 0.2) is 48.5 Å². The first kappa shape index (κ1) is 29.5. The number of halogens is 6. The van der Waals surface area contributed by atoms with Crippen molar-refractivity contribution in [1.82, 2.24) is 10.6 Å². The number of carbonyl (C=O) groups is 1. The average molecular weight is 542 g/mol. The third-order valence-corrected chi connectivity index (χ3v) is 6.50. The number of carbonyl (C=O) groups excluding carboxylic acids is 1. The monoisotopic (exact) mass is 541 g/mol. The number of hydrogen-bond acceptors (Lipinski definition) is 4. The van der Waals surface area contributed by atoms with Crippen LogP contribution in [0, 0.1) is 11.3 Å². The lowest BCUT2D eigenvalue weighted by molar-refractivity contribution is -0.161. The molecule has 1 saturated carbocycles. The Morgan fingerprint density at radius 2 is 1.50 bits per heavy atom. The van der Waals surface area contributed by atoms with Crippen molar-refractivity contribution < 1.29 is 36.2 Å². The van der Waals surface area contributed by atoms with E-state index in [1.807, 2.05) is 6.07 Å². The Morgan fingerprint density at radius 3 is 1.89 bits per heavy atom. The van der Waals surface area contributed by atoms with Crippen LogP contribution in [-0.2, 0) is 10.4 Å². The van der Waals surface area contributed by atoms with Crippen LogP contribution < -0.4 is 10.6 Å². The molecule has 1 aliphatic carbocycles. The molecule has 0 aliphatic heterocycles. The van der Waals surface area contributed by atoms with Gasteiger partial charge in [-0.05, 0) is 55.9 Å². The van der Waals surface area contributed by atoms with Crippen molar-refractivity contribution in [1.29, 1.82) is 5.26 Å². The number of benzene rings is 2. The van der Waals surface area contributed by atoms with Crippen molar-refractivity contribution in [3.8, 4) is 17.2 Å². The molecular formula is C27H29F6N3O2. The maximum atomic E-state index is 14.4. The fraction of sp³-hybridized carbons (Fsp3) is 0.481. The Hall–Kier alpha value is -3.10. The highest BCUT2D eigenvalue weighted by atomic mass is 19.4. The maximum Gasteiger partial charge on any atom is 0.407 e. The third kappa shape index (κ3) is 7.05. The van der Waals surface area contributed by atoms with Crippen LogP contribution in [0.3, 0.4) is 0 Å². The normalized spacial score (nSPS) is 18.3. The van der Waals surface area contributed by atoms with Gasteiger partial charge in [0.15, 0.2) is 0 Å². The van der Waals surface area contributed by atoms with Gasteiger partial charge >= 0.3 is 6.18 Å². The number of nitriles is 1. The van der Waals surface area contributed by atoms with Crippen molar-refractivity contribution in [2.75, 3.05) is 0 Å². The molecule has 0 bridgehead atoms. The van der Waals surface area contributed by atoms with Crippen molar-refractivity contribution in [3.63, 3.8) is 0 Å². The summed E-state index contributed by atoms with van der Waals surface area (Å²) in [5, 5.41) is 23.8. The zero-order chi connectivity index (χ0) is 28.5. The standard InChI is InChI=1S/C27H29F6N3O2/c1-24(2,30)14-20(22(37)36-26(15-34)12-13-26)35-21(27(31,32)33)18-6-4-16(5-7-18)17-8-10-19(11-9-17)25(3,38)23(28)29/h4-11,20-21,23,35,38H,12-14H2,1-3H3,(H,36,37)/t20-,21?,25?/m0/s1. The topological polar surface area (TPSA) is 85.2 Å². The molecule has 0 heterocycles. The van der Waals surface area contributed by atoms with Crippen molar-refractivity contribution in [2.45, 2.75) is 81.5 Å². The minimum atomic E-state index is -4.84. The average Bonchev–Trinajstić information content (AvgIpc) is 3.60. The molecule has 1 amide bonds. The first-order valence-electron chi connectivity index (χ1n) is 11.9. The van der Waals surface area contributed by atoms with Gasteiger partial charge < -0.3 is 10.4 Å². The summed E-state index contributed by atoms with van der Waals surface area (Å²) < 4.78 is 82.9. The molecule has 0 saturated heterocycles. The van der Waals surface area contributed by atoms with Gasteiger partial charge in [-0.1, -0.05) is 48.5 Å². The number of amides is 1. The second kappa shape index (κ2) is 10.6. The molecule has 206 valence electrons. The van der Waals surface area contributed by atoms with Gasteiger partial charge in [-0.25, -0.2) is 13.2 Å². The molecular weight excluding hydrogens is 512 g/mol. The predicted octanol–water partition coefficient (Wildman–Crippen LogP) is 5.70. The van der Waals surface area contributed by atoms with Crippen molar-refractivity contribution in [3.05, 3.63) is 59.7 Å². The van der Waals surface area contributed by atoms with Crippen molar-refractivity contribution >= 4 is 5.91 Å². The van der Waals surface area contributed by atoms with E-state index in [0.717, 1.165) is 20.8 Å². The summed E-state index contributed by atoms with van der Waals surface area (Å²) in [5.41, 5.74) is -4.69. The summed E-state index contributed by atoms with van der Waals surface area (Å²) in [4.78, 5) is 12.8. The molecule has 2 unspecified atom stereocenters. The molecule has 5 nitrogen and oxygen atoms in total. The van der Waals surface area contributed by atoms with Gasteiger partial charge in [0.1, 0.15) is 22.9 Å². The zero-order valence-electron chi connectivity index (χ0n) is 21.0. The SMILES string of the molecule is CC(C)(F)C[C@H](NC(c1ccc(-c2ccc(C(C)(O)C(F)F)cc2)cc1)C(F)(F)F)C(=O)NC1(C#N)CC1. The van der Waals surface area contributed by atoms with Crippen LogP contribution in [0.5, 0.6) is 0 Å². The number of nitrogens with one attached hydrogen (secondary N) is 2. The molecule has 2 aromatic carbocycles. The van der Waals surface area contributed by atoms with Crippen LogP contribution >= 0.6 is 0 Å². The maximum absolute atomic E-state index is 14.4. The molecule has 3 rings (SSSR count). The molecule has 11 heteroatoms. The summed E-state index contributed by atoms with van der Waals surface area (Å²) in [6.45, 7) is 3.28. The van der Waals surface area contributed by atoms with Crippen LogP contribution in [-0.4, -0.2) is 40.9 Å². The number of hydrogen-bond donors (Lipinski definition) is 3. The van der Waals surface area contributed by atoms with Crippen LogP contribution in [0.4, 0.5) is 26.3 Å². The summed E-state index contributed by atoms with van der Waals surface area (Å²) in [7, 11) is 0. The molecule has 1 aliphatic rings. The highest BCUT2D eigenvalue weighted by molar-refractivity contribution is 5.83. The molecule has 0 aromatic heterocycles. The molecule has 1 fully saturated rings. The lowest BCUT2D eigenvalue weighted by Crippen LogP contribution is -2.53. The lowest BCUT2D eigenvalue weighted by Gasteiger charge is -2.30. The Bertz CT molecular complexity index is 1160. The predicted molar refractivity (Wildman–Crippen MR) is 129 cm³/mol. The fourth-order valence-corrected chi connectivity index (χ4v) is 4.00. The molecule has 0 radical (unpaired) electrons. The van der Waals surface area contributed by atoms with E-state index in [0.29, 0.717) is 24.0 Å². The number of aliphatic hydroxyl groups is 1. The Kier molecular flexibility index (Phi) is 8.20. The van der Waals surface area contributed by atoms with Gasteiger partial charge in [0.05, 0.1) is 12.1 Å². The summed E-state index contributed by atoms with van der Waals surface area (Å²) in [6.07, 6.45) is -7.67. The number of nitrogens with zero attached hydrogens (tertiary/aromatic N) is 1. The first-order chi connectivity index (χ1) is 17.5. The minimum Gasteiger partial charge on any atom is -0.379 e. The van der Waals surface area contributed by atoms with Crippen LogP contribution in [0.25, 0.3) is 11.1 Å². The third-order valence-electron chi connectivity index (χ3n) is 6.50. The second-order valence-corrected chi connectivity index (χ2v) is 10.4. The quantitative estimate of drug-likeness (QED) is 0.337. The second-order valence-electron chi connectivity index (χ2n) is 10.4. The summed E-state index contributed by atoms with van der Waals surface area (Å²) >= 11 is 0. The van der Waals surface area contributed by atoms with E-state index in [4.69, 9.17) is 0 Å². The highest BCUT2D eigenvalue weighted by Gasteiger charge is 2.48. The van der Waals surface area contributed by atoms with Crippen molar-refractivity contribution in [2.24, 2.45) is 0 Å². The fourth-order valence-electron chi connectivity index (χ4n) is 4.00. The van der Waals surface area contributed by atoms with Crippen LogP contribution in [0.1, 0.15) is 57.2 Å². The smallest absolute Gasteiger partial charge is 0.379 e. The van der Waals surface area contributed by atoms with E-state index in [1.54, 1.807) is 0 Å². The van der Waals surface area contributed by atoms with Gasteiger partial charge in [0.25, 0.3) is 6.43 Å². The van der Waals surface area contributed by atoms with Gasteiger partial charge in [-0.2, -0.15) is 18.4 Å². The van der Waals surface area contributed by atoms with Gasteiger partial charge in [-0.3, -0.25) is 10.1 Å². The number of alkyl halides is 6. The highest BCUT2D eigenvalue weighted by Crippen LogP contribution is 2.37. The van der Waals surface area contributed by atoms with Gasteiger partial charge in [0, 0.05) is 6.42 Å². The largest absolute Gasteiger partial charge is 0.407 e. The minimum absolute atomic E-state index is 0.0151. The van der Waals surface area contributed by atoms with Gasteiger partial charge in [-0.15, -0.1) is 0 Å². The van der Waals surface area contributed by atoms with E-state index in [9.17, 15) is 41.5 Å². The molecule has 0 spiro atoms. The Morgan fingerprint density at radius 1 is 1.00 bits per heavy atom. The van der Waals surface area contributed by atoms with E-state index in [1.165, 1.54) is 48.5 Å². The molecule has 3 N–H and O–H groups in total. The summed E-state index contributed by atoms with van der Waals surface area (Å²) in [5.74, 6) is -0.889. The van der Waals surface area contributed by atoms with Crippen LogP contribution in [0.2, 0.25) is 0 Å².